The van der Waals surface area contributed by atoms with Gasteiger partial charge in [-0.2, -0.15) is 4.98 Å². The summed E-state index contributed by atoms with van der Waals surface area (Å²) in [6, 6.07) is 0.743. The lowest BCUT2D eigenvalue weighted by Crippen LogP contribution is -2.35. The molecular formula is C12H17N5O5. The molecule has 5 atom stereocenters. The van der Waals surface area contributed by atoms with E-state index in [9.17, 15) is 15.0 Å². The molecule has 0 aromatic carbocycles. The molecule has 3 rings (SSSR count). The number of hydrogen-bond donors (Lipinski definition) is 3. The van der Waals surface area contributed by atoms with E-state index >= 15 is 0 Å². The summed E-state index contributed by atoms with van der Waals surface area (Å²) >= 11 is 0. The first-order valence-corrected chi connectivity index (χ1v) is 6.75. The molecule has 1 aliphatic carbocycles. The number of fused-ring (bicyclic) bond motifs is 1. The molecule has 1 aromatic heterocycles. The second-order valence-electron chi connectivity index (χ2n) is 5.56. The molecule has 10 nitrogen and oxygen atoms in total. The molecule has 0 radical (unpaired) electrons. The summed E-state index contributed by atoms with van der Waals surface area (Å²) in [5, 5.41) is 38.3. The van der Waals surface area contributed by atoms with Crippen LogP contribution in [0.3, 0.4) is 0 Å². The summed E-state index contributed by atoms with van der Waals surface area (Å²) in [6.45, 7) is -0.399. The molecule has 0 amide bonds. The fourth-order valence-electron chi connectivity index (χ4n) is 2.81. The van der Waals surface area contributed by atoms with Crippen molar-refractivity contribution >= 4 is 5.82 Å². The minimum absolute atomic E-state index is 0.141. The summed E-state index contributed by atoms with van der Waals surface area (Å²) in [7, 11) is 3.36. The van der Waals surface area contributed by atoms with Crippen LogP contribution in [0.1, 0.15) is 6.04 Å². The third-order valence-electron chi connectivity index (χ3n) is 3.84. The number of aromatic nitrogens is 2. The molecule has 0 bridgehead atoms. The van der Waals surface area contributed by atoms with Gasteiger partial charge in [0.1, 0.15) is 12.1 Å². The van der Waals surface area contributed by atoms with E-state index in [0.29, 0.717) is 0 Å². The average Bonchev–Trinajstić information content (AvgIpc) is 2.97. The molecular weight excluding hydrogens is 294 g/mol. The third kappa shape index (κ3) is 2.20. The summed E-state index contributed by atoms with van der Waals surface area (Å²) in [6.07, 6.45) is -0.465. The van der Waals surface area contributed by atoms with Crippen molar-refractivity contribution in [2.24, 2.45) is 16.3 Å². The van der Waals surface area contributed by atoms with E-state index in [2.05, 4.69) is 15.3 Å². The van der Waals surface area contributed by atoms with Crippen molar-refractivity contribution in [1.29, 1.82) is 0 Å². The van der Waals surface area contributed by atoms with Crippen molar-refractivity contribution in [2.45, 2.75) is 24.0 Å². The van der Waals surface area contributed by atoms with Gasteiger partial charge in [0.2, 0.25) is 0 Å². The highest BCUT2D eigenvalue weighted by Crippen LogP contribution is 2.62. The number of rotatable bonds is 4. The van der Waals surface area contributed by atoms with Gasteiger partial charge in [0.25, 0.3) is 0 Å². The van der Waals surface area contributed by atoms with Gasteiger partial charge in [-0.05, 0) is 0 Å². The quantitative estimate of drug-likeness (QED) is 0.451. The van der Waals surface area contributed by atoms with Crippen molar-refractivity contribution in [3.05, 3.63) is 22.7 Å². The van der Waals surface area contributed by atoms with Crippen LogP contribution >= 0.6 is 0 Å². The largest absolute Gasteiger partial charge is 0.394 e. The van der Waals surface area contributed by atoms with E-state index in [1.807, 2.05) is 0 Å². The minimum Gasteiger partial charge on any atom is -0.394 e. The van der Waals surface area contributed by atoms with E-state index in [0.717, 1.165) is 0 Å². The zero-order valence-electron chi connectivity index (χ0n) is 12.1. The molecule has 2 heterocycles. The second kappa shape index (κ2) is 5.09. The van der Waals surface area contributed by atoms with E-state index in [-0.39, 0.29) is 5.82 Å². The third-order valence-corrected chi connectivity index (χ3v) is 3.84. The second-order valence-corrected chi connectivity index (χ2v) is 5.56. The van der Waals surface area contributed by atoms with Gasteiger partial charge in [0.15, 0.2) is 11.6 Å². The van der Waals surface area contributed by atoms with Crippen molar-refractivity contribution in [3.63, 3.8) is 0 Å². The highest BCUT2D eigenvalue weighted by molar-refractivity contribution is 5.25. The van der Waals surface area contributed by atoms with Crippen LogP contribution in [0, 0.1) is 5.92 Å². The van der Waals surface area contributed by atoms with Crippen LogP contribution in [0.25, 0.3) is 0 Å². The predicted octanol–water partition coefficient (Wildman–Crippen LogP) is -1.58. The van der Waals surface area contributed by atoms with Crippen LogP contribution in [-0.4, -0.2) is 68.6 Å². The Morgan fingerprint density at radius 3 is 2.77 bits per heavy atom. The Hall–Kier alpha value is -1.88. The Kier molecular flexibility index (Phi) is 3.48. The van der Waals surface area contributed by atoms with E-state index in [1.165, 1.54) is 21.8 Å². The highest BCUT2D eigenvalue weighted by atomic mass is 16.7. The van der Waals surface area contributed by atoms with Gasteiger partial charge in [-0.25, -0.2) is 4.79 Å². The number of aliphatic hydroxyl groups excluding tert-OH is 2. The molecule has 0 spiro atoms. The summed E-state index contributed by atoms with van der Waals surface area (Å²) < 4.78 is 6.43. The van der Waals surface area contributed by atoms with Crippen molar-refractivity contribution < 1.29 is 20.1 Å². The summed E-state index contributed by atoms with van der Waals surface area (Å²) in [5.74, 6) is -2.17. The molecule has 1 aromatic rings. The average molecular weight is 311 g/mol. The summed E-state index contributed by atoms with van der Waals surface area (Å²) in [5.41, 5.74) is -0.626. The molecule has 3 N–H and O–H groups in total. The molecule has 10 heteroatoms. The van der Waals surface area contributed by atoms with Crippen LogP contribution < -0.4 is 5.69 Å². The lowest BCUT2D eigenvalue weighted by atomic mass is 10.1. The Balaban J connectivity index is 1.82. The molecule has 22 heavy (non-hydrogen) atoms. The standard InChI is InChI=1S/C12H17N5O5/c1-16(2)15-14-7-3-4-17(11(20)13-7)10-8-9(19)6(5-18)22-12(8,10)21/h3-4,6,8-10,18-19,21H,5H2,1-2H3/t6-,8?,9?,10+,12?/m1/s1. The first kappa shape index (κ1) is 15.0. The van der Waals surface area contributed by atoms with E-state index in [1.54, 1.807) is 14.1 Å². The maximum atomic E-state index is 12.0. The molecule has 3 unspecified atom stereocenters. The highest BCUT2D eigenvalue weighted by Gasteiger charge is 2.76. The minimum atomic E-state index is -1.65. The normalized spacial score (nSPS) is 36.6. The zero-order valence-corrected chi connectivity index (χ0v) is 12.1. The van der Waals surface area contributed by atoms with Gasteiger partial charge >= 0.3 is 5.69 Å². The van der Waals surface area contributed by atoms with E-state index in [4.69, 9.17) is 9.84 Å². The Morgan fingerprint density at radius 2 is 2.27 bits per heavy atom. The van der Waals surface area contributed by atoms with Gasteiger partial charge in [-0.1, -0.05) is 5.22 Å². The van der Waals surface area contributed by atoms with Gasteiger partial charge in [-0.15, -0.1) is 5.11 Å². The van der Waals surface area contributed by atoms with Gasteiger partial charge < -0.3 is 20.1 Å². The SMILES string of the molecule is CN(C)N=Nc1ccn([C@H]2C3C(O)[C@@H](CO)OC32O)c(=O)n1. The molecule has 120 valence electrons. The molecule has 2 aliphatic rings. The summed E-state index contributed by atoms with van der Waals surface area (Å²) in [4.78, 5) is 15.8. The van der Waals surface area contributed by atoms with Crippen molar-refractivity contribution in [3.8, 4) is 0 Å². The van der Waals surface area contributed by atoms with Crippen LogP contribution in [0.15, 0.2) is 27.4 Å². The topological polar surface area (TPSA) is 133 Å². The number of hydrogen-bond acceptors (Lipinski definition) is 8. The Labute approximate surface area is 125 Å². The van der Waals surface area contributed by atoms with Crippen molar-refractivity contribution in [1.82, 2.24) is 14.6 Å². The lowest BCUT2D eigenvalue weighted by Gasteiger charge is -2.19. The van der Waals surface area contributed by atoms with Crippen molar-refractivity contribution in [2.75, 3.05) is 20.7 Å². The predicted molar refractivity (Wildman–Crippen MR) is 72.1 cm³/mol. The molecule has 1 aliphatic heterocycles. The zero-order chi connectivity index (χ0) is 16.1. The first-order chi connectivity index (χ1) is 10.4. The molecule has 1 saturated carbocycles. The first-order valence-electron chi connectivity index (χ1n) is 6.75. The Morgan fingerprint density at radius 1 is 1.55 bits per heavy atom. The van der Waals surface area contributed by atoms with Crippen LogP contribution in [0.4, 0.5) is 5.82 Å². The fourth-order valence-corrected chi connectivity index (χ4v) is 2.81. The maximum absolute atomic E-state index is 12.0. The molecule has 2 fully saturated rings. The number of ether oxygens (including phenoxy) is 1. The monoisotopic (exact) mass is 311 g/mol. The Bertz CT molecular complexity index is 662. The van der Waals surface area contributed by atoms with Crippen LogP contribution in [0.2, 0.25) is 0 Å². The van der Waals surface area contributed by atoms with Crippen LogP contribution in [-0.2, 0) is 4.74 Å². The van der Waals surface area contributed by atoms with E-state index < -0.39 is 42.3 Å². The van der Waals surface area contributed by atoms with Gasteiger partial charge in [0, 0.05) is 26.4 Å². The fraction of sp³-hybridized carbons (Fsp3) is 0.667. The van der Waals surface area contributed by atoms with Gasteiger partial charge in [-0.3, -0.25) is 9.58 Å². The number of aliphatic hydroxyl groups is 3. The molecule has 1 saturated heterocycles. The lowest BCUT2D eigenvalue weighted by molar-refractivity contribution is -0.163. The maximum Gasteiger partial charge on any atom is 0.350 e. The van der Waals surface area contributed by atoms with Gasteiger partial charge in [0.05, 0.1) is 18.6 Å². The van der Waals surface area contributed by atoms with Crippen LogP contribution in [0.5, 0.6) is 0 Å². The smallest absolute Gasteiger partial charge is 0.350 e. The number of nitrogens with zero attached hydrogens (tertiary/aromatic N) is 5.